The minimum atomic E-state index is -0.991. The summed E-state index contributed by atoms with van der Waals surface area (Å²) in [4.78, 5) is 35.5. The molecule has 182 valence electrons. The third-order valence-electron chi connectivity index (χ3n) is 6.02. The highest BCUT2D eigenvalue weighted by Gasteiger charge is 2.30. The Bertz CT molecular complexity index is 990. The quantitative estimate of drug-likeness (QED) is 0.464. The van der Waals surface area contributed by atoms with Crippen molar-refractivity contribution in [2.45, 2.75) is 50.7 Å². The molecule has 0 aromatic heterocycles. The maximum atomic E-state index is 12.5. The van der Waals surface area contributed by atoms with Crippen LogP contribution in [-0.2, 0) is 19.1 Å². The summed E-state index contributed by atoms with van der Waals surface area (Å²) in [6.45, 7) is 3.98. The number of carbonyl (C=O) groups is 3. The summed E-state index contributed by atoms with van der Waals surface area (Å²) in [5.74, 6) is -1.25. The van der Waals surface area contributed by atoms with E-state index in [1.165, 1.54) is 7.11 Å². The van der Waals surface area contributed by atoms with Crippen LogP contribution in [0.4, 0.5) is 4.79 Å². The second-order valence-corrected chi connectivity index (χ2v) is 9.09. The fraction of sp³-hybridized carbons (Fsp3) is 0.423. The van der Waals surface area contributed by atoms with Gasteiger partial charge in [0.25, 0.3) is 0 Å². The van der Waals surface area contributed by atoms with E-state index in [4.69, 9.17) is 14.6 Å². The Hall–Kier alpha value is -3.39. The summed E-state index contributed by atoms with van der Waals surface area (Å²) in [7, 11) is 1.40. The molecule has 1 aliphatic rings. The summed E-state index contributed by atoms with van der Waals surface area (Å²) in [6, 6.07) is 16.3. The molecular weight excluding hydrogens is 436 g/mol. The molecule has 0 fully saturated rings. The van der Waals surface area contributed by atoms with Crippen molar-refractivity contribution in [1.82, 2.24) is 10.6 Å². The molecule has 3 N–H and O–H groups in total. The number of amides is 2. The van der Waals surface area contributed by atoms with E-state index in [1.807, 2.05) is 38.1 Å². The lowest BCUT2D eigenvalue weighted by Gasteiger charge is -2.26. The lowest BCUT2D eigenvalue weighted by molar-refractivity contribution is -0.140. The van der Waals surface area contributed by atoms with Gasteiger partial charge in [0, 0.05) is 31.5 Å². The lowest BCUT2D eigenvalue weighted by atomic mass is 9.98. The molecule has 0 spiro atoms. The SMILES string of the molecule is COC(CNC(=O)CCC(C)(C)NC(=O)OCC1c2ccccc2-c2ccccc21)CC(=O)O. The van der Waals surface area contributed by atoms with Crippen LogP contribution in [0.1, 0.15) is 50.2 Å². The molecule has 0 aliphatic heterocycles. The van der Waals surface area contributed by atoms with Crippen molar-refractivity contribution < 1.29 is 29.0 Å². The van der Waals surface area contributed by atoms with Gasteiger partial charge in [0.05, 0.1) is 12.5 Å². The highest BCUT2D eigenvalue weighted by molar-refractivity contribution is 5.79. The zero-order valence-corrected chi connectivity index (χ0v) is 19.8. The summed E-state index contributed by atoms with van der Waals surface area (Å²) >= 11 is 0. The van der Waals surface area contributed by atoms with Gasteiger partial charge in [-0.05, 0) is 42.5 Å². The van der Waals surface area contributed by atoms with E-state index in [9.17, 15) is 14.4 Å². The third kappa shape index (κ3) is 6.57. The number of hydrogen-bond donors (Lipinski definition) is 3. The Labute approximate surface area is 199 Å². The first-order valence-electron chi connectivity index (χ1n) is 11.3. The van der Waals surface area contributed by atoms with E-state index in [0.29, 0.717) is 6.42 Å². The van der Waals surface area contributed by atoms with Crippen molar-refractivity contribution >= 4 is 18.0 Å². The molecule has 2 amide bonds. The lowest BCUT2D eigenvalue weighted by Crippen LogP contribution is -2.45. The maximum absolute atomic E-state index is 12.5. The van der Waals surface area contributed by atoms with Gasteiger partial charge in [-0.15, -0.1) is 0 Å². The average Bonchev–Trinajstić information content (AvgIpc) is 3.12. The Morgan fingerprint density at radius 3 is 2.18 bits per heavy atom. The van der Waals surface area contributed by atoms with Gasteiger partial charge in [-0.3, -0.25) is 9.59 Å². The van der Waals surface area contributed by atoms with Crippen LogP contribution in [0.5, 0.6) is 0 Å². The predicted molar refractivity (Wildman–Crippen MR) is 128 cm³/mol. The van der Waals surface area contributed by atoms with Crippen molar-refractivity contribution in [2.24, 2.45) is 0 Å². The van der Waals surface area contributed by atoms with Gasteiger partial charge in [-0.25, -0.2) is 4.79 Å². The van der Waals surface area contributed by atoms with Gasteiger partial charge in [0.15, 0.2) is 0 Å². The number of carbonyl (C=O) groups excluding carboxylic acids is 2. The first-order valence-corrected chi connectivity index (χ1v) is 11.3. The number of methoxy groups -OCH3 is 1. The maximum Gasteiger partial charge on any atom is 0.407 e. The standard InChI is InChI=1S/C26H32N2O6/c1-26(2,13-12-23(29)27-15-17(33-3)14-24(30)31)28-25(32)34-16-22-20-10-6-4-8-18(20)19-9-5-7-11-21(19)22/h4-11,17,22H,12-16H2,1-3H3,(H,27,29)(H,28,32)(H,30,31). The summed E-state index contributed by atoms with van der Waals surface area (Å²) < 4.78 is 10.6. The smallest absolute Gasteiger partial charge is 0.407 e. The molecular formula is C26H32N2O6. The normalized spacial score (nSPS) is 13.5. The van der Waals surface area contributed by atoms with Crippen LogP contribution in [0.2, 0.25) is 0 Å². The number of carboxylic acids is 1. The largest absolute Gasteiger partial charge is 0.481 e. The Balaban J connectivity index is 1.47. The van der Waals surface area contributed by atoms with Crippen LogP contribution in [0.3, 0.4) is 0 Å². The third-order valence-corrected chi connectivity index (χ3v) is 6.02. The van der Waals surface area contributed by atoms with Crippen molar-refractivity contribution in [3.63, 3.8) is 0 Å². The topological polar surface area (TPSA) is 114 Å². The number of benzene rings is 2. The van der Waals surface area contributed by atoms with Crippen LogP contribution in [-0.4, -0.2) is 55.0 Å². The second-order valence-electron chi connectivity index (χ2n) is 9.09. The van der Waals surface area contributed by atoms with Crippen molar-refractivity contribution in [2.75, 3.05) is 20.3 Å². The van der Waals surface area contributed by atoms with Crippen LogP contribution in [0.15, 0.2) is 48.5 Å². The van der Waals surface area contributed by atoms with Gasteiger partial charge in [-0.2, -0.15) is 0 Å². The summed E-state index contributed by atoms with van der Waals surface area (Å²) in [6.07, 6.45) is -0.757. The van der Waals surface area contributed by atoms with Crippen LogP contribution < -0.4 is 10.6 Å². The van der Waals surface area contributed by atoms with Gasteiger partial charge in [0.1, 0.15) is 6.61 Å². The molecule has 8 heteroatoms. The molecule has 0 radical (unpaired) electrons. The van der Waals surface area contributed by atoms with E-state index in [0.717, 1.165) is 22.3 Å². The fourth-order valence-electron chi connectivity index (χ4n) is 4.15. The van der Waals surface area contributed by atoms with E-state index in [-0.39, 0.29) is 37.8 Å². The number of aliphatic carboxylic acids is 1. The van der Waals surface area contributed by atoms with Gasteiger partial charge in [0.2, 0.25) is 5.91 Å². The molecule has 2 aromatic carbocycles. The zero-order chi connectivity index (χ0) is 24.7. The Kier molecular flexibility index (Phi) is 8.28. The van der Waals surface area contributed by atoms with Crippen molar-refractivity contribution in [3.8, 4) is 11.1 Å². The van der Waals surface area contributed by atoms with Gasteiger partial charge >= 0.3 is 12.1 Å². The molecule has 1 atom stereocenters. The van der Waals surface area contributed by atoms with Crippen LogP contribution in [0, 0.1) is 0 Å². The average molecular weight is 469 g/mol. The monoisotopic (exact) mass is 468 g/mol. The highest BCUT2D eigenvalue weighted by Crippen LogP contribution is 2.44. The first kappa shape index (κ1) is 25.2. The molecule has 0 bridgehead atoms. The second kappa shape index (κ2) is 11.2. The zero-order valence-electron chi connectivity index (χ0n) is 19.8. The van der Waals surface area contributed by atoms with Gasteiger partial charge < -0.3 is 25.2 Å². The molecule has 34 heavy (non-hydrogen) atoms. The molecule has 3 rings (SSSR count). The predicted octanol–water partition coefficient (Wildman–Crippen LogP) is 3.69. The molecule has 0 saturated heterocycles. The molecule has 2 aromatic rings. The number of alkyl carbamates (subject to hydrolysis) is 1. The Morgan fingerprint density at radius 1 is 1.03 bits per heavy atom. The minimum Gasteiger partial charge on any atom is -0.481 e. The molecule has 1 aliphatic carbocycles. The number of fused-ring (bicyclic) bond motifs is 3. The Morgan fingerprint density at radius 2 is 1.62 bits per heavy atom. The number of rotatable bonds is 11. The fourth-order valence-corrected chi connectivity index (χ4v) is 4.15. The van der Waals surface area contributed by atoms with Crippen LogP contribution >= 0.6 is 0 Å². The van der Waals surface area contributed by atoms with Gasteiger partial charge in [-0.1, -0.05) is 48.5 Å². The summed E-state index contributed by atoms with van der Waals surface area (Å²) in [5.41, 5.74) is 3.95. The van der Waals surface area contributed by atoms with E-state index in [2.05, 4.69) is 34.9 Å². The van der Waals surface area contributed by atoms with E-state index in [1.54, 1.807) is 0 Å². The minimum absolute atomic E-state index is 0.0217. The molecule has 8 nitrogen and oxygen atoms in total. The molecule has 0 heterocycles. The number of ether oxygens (including phenoxy) is 2. The summed E-state index contributed by atoms with van der Waals surface area (Å²) in [5, 5.41) is 14.4. The van der Waals surface area contributed by atoms with Crippen molar-refractivity contribution in [3.05, 3.63) is 59.7 Å². The number of nitrogens with one attached hydrogen (secondary N) is 2. The molecule has 1 unspecified atom stereocenters. The molecule has 0 saturated carbocycles. The van der Waals surface area contributed by atoms with Crippen molar-refractivity contribution in [1.29, 1.82) is 0 Å². The first-order chi connectivity index (χ1) is 16.2. The van der Waals surface area contributed by atoms with E-state index >= 15 is 0 Å². The van der Waals surface area contributed by atoms with Crippen LogP contribution in [0.25, 0.3) is 11.1 Å². The number of carboxylic acid groups (broad SMARTS) is 1. The number of hydrogen-bond acceptors (Lipinski definition) is 5. The highest BCUT2D eigenvalue weighted by atomic mass is 16.5. The van der Waals surface area contributed by atoms with E-state index < -0.39 is 23.7 Å².